The molecule has 3 aliphatic rings. The molecule has 0 unspecified atom stereocenters. The average Bonchev–Trinajstić information content (AvgIpc) is 3.78. The van der Waals surface area contributed by atoms with Crippen molar-refractivity contribution < 1.29 is 23.3 Å². The van der Waals surface area contributed by atoms with Gasteiger partial charge in [-0.05, 0) is 86.2 Å². The quantitative estimate of drug-likeness (QED) is 0.134. The summed E-state index contributed by atoms with van der Waals surface area (Å²) in [6.07, 6.45) is 5.84. The summed E-state index contributed by atoms with van der Waals surface area (Å²) in [7, 11) is 0. The van der Waals surface area contributed by atoms with Crippen LogP contribution in [0.3, 0.4) is 0 Å². The average molecular weight is 845 g/mol. The SMILES string of the molecule is Cc1c([C@@H](C)NC(=O)c2nc(C(C)(C)C)no2)ccc(-c2cc(Nc3ccc(N4CCN(CC5CCN(c6ccc(N7CCC(=O)NC7=O)cc6)CC5)CC4)cn3)ncn2)c1F. The topological polar surface area (TPSA) is 178 Å². The van der Waals surface area contributed by atoms with Gasteiger partial charge in [-0.25, -0.2) is 24.1 Å². The molecule has 4 amide bonds. The molecule has 3 aromatic heterocycles. The molecule has 0 radical (unpaired) electrons. The van der Waals surface area contributed by atoms with Crippen LogP contribution in [-0.4, -0.2) is 100 Å². The number of hydrogen-bond donors (Lipinski definition) is 3. The highest BCUT2D eigenvalue weighted by atomic mass is 19.1. The van der Waals surface area contributed by atoms with Gasteiger partial charge < -0.3 is 25.0 Å². The van der Waals surface area contributed by atoms with E-state index in [4.69, 9.17) is 4.52 Å². The summed E-state index contributed by atoms with van der Waals surface area (Å²) in [4.78, 5) is 63.2. The van der Waals surface area contributed by atoms with Gasteiger partial charge in [0.1, 0.15) is 23.8 Å². The van der Waals surface area contributed by atoms with Crippen LogP contribution >= 0.6 is 0 Å². The zero-order valence-electron chi connectivity index (χ0n) is 35.8. The third-order valence-corrected chi connectivity index (χ3v) is 11.9. The normalized spacial score (nSPS) is 17.2. The fourth-order valence-corrected chi connectivity index (χ4v) is 8.26. The Labute approximate surface area is 360 Å². The van der Waals surface area contributed by atoms with Gasteiger partial charge in [-0.15, -0.1) is 0 Å². The second-order valence-electron chi connectivity index (χ2n) is 17.3. The van der Waals surface area contributed by atoms with E-state index in [1.165, 1.54) is 6.33 Å². The molecule has 2 aromatic carbocycles. The zero-order chi connectivity index (χ0) is 43.5. The van der Waals surface area contributed by atoms with E-state index in [0.29, 0.717) is 58.7 Å². The number of hydrogen-bond acceptors (Lipinski definition) is 13. The molecule has 8 rings (SSSR count). The molecule has 3 aliphatic heterocycles. The van der Waals surface area contributed by atoms with E-state index < -0.39 is 17.8 Å². The van der Waals surface area contributed by atoms with Gasteiger partial charge in [-0.3, -0.25) is 24.7 Å². The first-order chi connectivity index (χ1) is 29.8. The monoisotopic (exact) mass is 844 g/mol. The molecule has 3 fully saturated rings. The van der Waals surface area contributed by atoms with Crippen LogP contribution in [0.15, 0.2) is 71.6 Å². The fourth-order valence-electron chi connectivity index (χ4n) is 8.26. The molecule has 0 spiro atoms. The van der Waals surface area contributed by atoms with E-state index in [2.05, 4.69) is 73.9 Å². The van der Waals surface area contributed by atoms with Gasteiger partial charge >= 0.3 is 17.8 Å². The van der Waals surface area contributed by atoms with Crippen LogP contribution in [0.1, 0.15) is 80.6 Å². The van der Waals surface area contributed by atoms with E-state index in [1.54, 1.807) is 36.9 Å². The zero-order valence-corrected chi connectivity index (χ0v) is 35.8. The molecule has 17 heteroatoms. The number of anilines is 5. The number of piperidine rings is 1. The van der Waals surface area contributed by atoms with Gasteiger partial charge in [0.05, 0.1) is 23.6 Å². The van der Waals surface area contributed by atoms with Gasteiger partial charge in [-0.1, -0.05) is 32.0 Å². The second-order valence-corrected chi connectivity index (χ2v) is 17.3. The molecular weight excluding hydrogens is 792 g/mol. The summed E-state index contributed by atoms with van der Waals surface area (Å²) in [6.45, 7) is 16.5. The van der Waals surface area contributed by atoms with Crippen molar-refractivity contribution in [3.8, 4) is 11.3 Å². The van der Waals surface area contributed by atoms with Crippen molar-refractivity contribution in [1.82, 2.24) is 40.6 Å². The first-order valence-electron chi connectivity index (χ1n) is 21.2. The number of benzene rings is 2. The Balaban J connectivity index is 0.795. The number of amides is 4. The summed E-state index contributed by atoms with van der Waals surface area (Å²) < 4.78 is 21.1. The number of rotatable bonds is 11. The van der Waals surface area contributed by atoms with E-state index in [-0.39, 0.29) is 23.2 Å². The molecule has 0 saturated carbocycles. The molecular formula is C45H53FN12O4. The van der Waals surface area contributed by atoms with Gasteiger partial charge in [0.15, 0.2) is 5.82 Å². The number of aromatic nitrogens is 5. The molecule has 324 valence electrons. The van der Waals surface area contributed by atoms with Crippen molar-refractivity contribution in [2.45, 2.75) is 65.3 Å². The van der Waals surface area contributed by atoms with E-state index in [1.807, 2.05) is 45.2 Å². The number of piperazine rings is 1. The highest BCUT2D eigenvalue weighted by molar-refractivity contribution is 6.05. The van der Waals surface area contributed by atoms with E-state index in [0.717, 1.165) is 75.7 Å². The Morgan fingerprint density at radius 2 is 1.60 bits per heavy atom. The summed E-state index contributed by atoms with van der Waals surface area (Å²) in [5, 5.41) is 12.4. The molecule has 3 saturated heterocycles. The lowest BCUT2D eigenvalue weighted by Crippen LogP contribution is -2.49. The van der Waals surface area contributed by atoms with Crippen LogP contribution < -0.4 is 30.7 Å². The Hall–Kier alpha value is -6.49. The number of nitrogens with zero attached hydrogens (tertiary/aromatic N) is 9. The number of urea groups is 1. The number of pyridine rings is 1. The highest BCUT2D eigenvalue weighted by Crippen LogP contribution is 2.31. The number of imide groups is 1. The molecule has 0 aliphatic carbocycles. The Morgan fingerprint density at radius 1 is 0.887 bits per heavy atom. The largest absolute Gasteiger partial charge is 0.372 e. The molecule has 6 heterocycles. The predicted octanol–water partition coefficient (Wildman–Crippen LogP) is 6.39. The number of nitrogens with one attached hydrogen (secondary N) is 3. The minimum atomic E-state index is -0.533. The summed E-state index contributed by atoms with van der Waals surface area (Å²) in [5.41, 5.74) is 4.36. The third-order valence-electron chi connectivity index (χ3n) is 11.9. The maximum atomic E-state index is 15.9. The molecule has 1 atom stereocenters. The number of carbonyl (C=O) groups is 3. The molecule has 16 nitrogen and oxygen atoms in total. The van der Waals surface area contributed by atoms with Crippen molar-refractivity contribution in [1.29, 1.82) is 0 Å². The van der Waals surface area contributed by atoms with E-state index >= 15 is 4.39 Å². The second kappa shape index (κ2) is 17.8. The summed E-state index contributed by atoms with van der Waals surface area (Å²) in [6, 6.07) is 16.3. The molecule has 5 aromatic rings. The smallest absolute Gasteiger partial charge is 0.328 e. The molecule has 3 N–H and O–H groups in total. The molecule has 62 heavy (non-hydrogen) atoms. The Morgan fingerprint density at radius 3 is 2.27 bits per heavy atom. The predicted molar refractivity (Wildman–Crippen MR) is 234 cm³/mol. The van der Waals surface area contributed by atoms with Crippen LogP contribution in [0, 0.1) is 18.7 Å². The Kier molecular flexibility index (Phi) is 12.2. The first-order valence-corrected chi connectivity index (χ1v) is 21.2. The number of carbonyl (C=O) groups excluding carboxylic acids is 3. The van der Waals surface area contributed by atoms with Crippen molar-refractivity contribution >= 4 is 46.5 Å². The lowest BCUT2D eigenvalue weighted by atomic mass is 9.95. The van der Waals surface area contributed by atoms with Crippen molar-refractivity contribution in [3.63, 3.8) is 0 Å². The maximum absolute atomic E-state index is 15.9. The standard InChI is InChI=1S/C45H53FN12O4/c1-28-34(29(2)50-41(60)42-53-43(54-62-42)45(3,4)5)11-12-35(40(28)46)36-24-38(49-27-48-36)51-37-13-10-33(25-47-37)57-22-20-55(21-23-57)26-30-14-17-56(18-15-30)31-6-8-32(9-7-31)58-19-16-39(59)52-44(58)61/h6-13,24-25,27,29-30H,14-23,26H2,1-5H3,(H,50,60)(H,52,59,61)(H,47,48,49,51)/t29-/m1/s1. The minimum Gasteiger partial charge on any atom is -0.372 e. The van der Waals surface area contributed by atoms with Crippen molar-refractivity contribution in [2.24, 2.45) is 5.92 Å². The fraction of sp³-hybridized carbons (Fsp3) is 0.422. The van der Waals surface area contributed by atoms with Crippen LogP contribution in [0.4, 0.5) is 37.9 Å². The summed E-state index contributed by atoms with van der Waals surface area (Å²) in [5.74, 6) is 0.814. The molecule has 0 bridgehead atoms. The number of halogens is 1. The van der Waals surface area contributed by atoms with Crippen LogP contribution in [0.2, 0.25) is 0 Å². The van der Waals surface area contributed by atoms with E-state index in [9.17, 15) is 14.4 Å². The van der Waals surface area contributed by atoms with Crippen LogP contribution in [0.25, 0.3) is 11.3 Å². The van der Waals surface area contributed by atoms with Gasteiger partial charge in [-0.2, -0.15) is 4.98 Å². The van der Waals surface area contributed by atoms with Crippen LogP contribution in [-0.2, 0) is 10.2 Å². The lowest BCUT2D eigenvalue weighted by molar-refractivity contribution is -0.120. The Bertz CT molecular complexity index is 2400. The van der Waals surface area contributed by atoms with Gasteiger partial charge in [0.25, 0.3) is 0 Å². The maximum Gasteiger partial charge on any atom is 0.328 e. The van der Waals surface area contributed by atoms with Crippen molar-refractivity contribution in [2.75, 3.05) is 72.4 Å². The summed E-state index contributed by atoms with van der Waals surface area (Å²) >= 11 is 0. The van der Waals surface area contributed by atoms with Crippen LogP contribution in [0.5, 0.6) is 0 Å². The first kappa shape index (κ1) is 42.2. The van der Waals surface area contributed by atoms with Gasteiger partial charge in [0, 0.05) is 87.2 Å². The highest BCUT2D eigenvalue weighted by Gasteiger charge is 2.28. The van der Waals surface area contributed by atoms with Gasteiger partial charge in [0.2, 0.25) is 5.91 Å². The third kappa shape index (κ3) is 9.52. The lowest BCUT2D eigenvalue weighted by Gasteiger charge is -2.40. The van der Waals surface area contributed by atoms with Crippen molar-refractivity contribution in [3.05, 3.63) is 95.8 Å². The minimum absolute atomic E-state index is 0.143.